The molecular formula is C29H20ClNO2. The minimum Gasteiger partial charge on any atom is -0.372 e. The first-order valence-corrected chi connectivity index (χ1v) is 11.2. The number of aliphatic hydroxyl groups is 1. The molecule has 1 aliphatic rings. The van der Waals surface area contributed by atoms with Crippen molar-refractivity contribution in [1.82, 2.24) is 0 Å². The molecule has 0 aromatic heterocycles. The largest absolute Gasteiger partial charge is 0.372 e. The molecule has 0 fully saturated rings. The Balaban J connectivity index is 1.55. The molecule has 0 spiro atoms. The molecule has 33 heavy (non-hydrogen) atoms. The van der Waals surface area contributed by atoms with Crippen LogP contribution in [0.4, 0.5) is 5.69 Å². The second-order valence-electron chi connectivity index (χ2n) is 8.42. The first-order valence-electron chi connectivity index (χ1n) is 10.9. The van der Waals surface area contributed by atoms with Gasteiger partial charge in [0.15, 0.2) is 5.60 Å². The molecule has 1 heterocycles. The summed E-state index contributed by atoms with van der Waals surface area (Å²) in [5.41, 5.74) is 1.11. The number of para-hydroxylation sites is 1. The third-order valence-electron chi connectivity index (χ3n) is 6.60. The summed E-state index contributed by atoms with van der Waals surface area (Å²) >= 11 is 6.07. The Kier molecular flexibility index (Phi) is 4.51. The highest BCUT2D eigenvalue weighted by molar-refractivity contribution is 6.30. The molecule has 0 saturated carbocycles. The van der Waals surface area contributed by atoms with Gasteiger partial charge in [0.25, 0.3) is 5.91 Å². The van der Waals surface area contributed by atoms with Crippen LogP contribution in [-0.4, -0.2) is 11.0 Å². The maximum Gasteiger partial charge on any atom is 0.268 e. The smallest absolute Gasteiger partial charge is 0.268 e. The van der Waals surface area contributed by atoms with Gasteiger partial charge in [0, 0.05) is 10.6 Å². The molecule has 1 N–H and O–H groups in total. The highest BCUT2D eigenvalue weighted by Crippen LogP contribution is 2.46. The standard InChI is InChI=1S/C29H20ClNO2/c30-22-15-13-21(14-16-22)29(33)26-11-5-6-12-27(26)31(28(29)32)18-25-23-9-3-1-7-19(23)17-20-8-2-4-10-24(20)25/h1-17,33H,18H2/t29-/m0/s1. The summed E-state index contributed by atoms with van der Waals surface area (Å²) in [5, 5.41) is 16.8. The molecule has 5 aromatic rings. The van der Waals surface area contributed by atoms with Crippen LogP contribution in [0.25, 0.3) is 21.5 Å². The van der Waals surface area contributed by atoms with Gasteiger partial charge in [-0.1, -0.05) is 90.5 Å². The number of rotatable bonds is 3. The van der Waals surface area contributed by atoms with Gasteiger partial charge in [-0.25, -0.2) is 0 Å². The number of nitrogens with zero attached hydrogens (tertiary/aromatic N) is 1. The first kappa shape index (κ1) is 20.0. The molecule has 1 atom stereocenters. The number of fused-ring (bicyclic) bond motifs is 3. The van der Waals surface area contributed by atoms with Gasteiger partial charge in [-0.2, -0.15) is 0 Å². The zero-order valence-electron chi connectivity index (χ0n) is 17.7. The predicted octanol–water partition coefficient (Wildman–Crippen LogP) is 6.43. The molecule has 5 aromatic carbocycles. The molecule has 6 rings (SSSR count). The normalized spacial score (nSPS) is 17.6. The number of carbonyl (C=O) groups excluding carboxylic acids is 1. The van der Waals surface area contributed by atoms with Crippen molar-refractivity contribution < 1.29 is 9.90 Å². The van der Waals surface area contributed by atoms with Crippen LogP contribution in [0.5, 0.6) is 0 Å². The number of hydrogen-bond donors (Lipinski definition) is 1. The van der Waals surface area contributed by atoms with E-state index in [-0.39, 0.29) is 5.91 Å². The minimum atomic E-state index is -1.76. The summed E-state index contributed by atoms with van der Waals surface area (Å²) in [6.45, 7) is 0.355. The molecule has 1 aliphatic heterocycles. The van der Waals surface area contributed by atoms with Crippen LogP contribution in [0.3, 0.4) is 0 Å². The highest BCUT2D eigenvalue weighted by atomic mass is 35.5. The molecule has 0 saturated heterocycles. The van der Waals surface area contributed by atoms with E-state index in [9.17, 15) is 9.90 Å². The molecular weight excluding hydrogens is 430 g/mol. The molecule has 4 heteroatoms. The Morgan fingerprint density at radius 3 is 2.00 bits per heavy atom. The fraction of sp³-hybridized carbons (Fsp3) is 0.0690. The van der Waals surface area contributed by atoms with Crippen molar-refractivity contribution in [3.8, 4) is 0 Å². The number of amides is 1. The van der Waals surface area contributed by atoms with Gasteiger partial charge in [-0.3, -0.25) is 4.79 Å². The van der Waals surface area contributed by atoms with Crippen LogP contribution in [0.15, 0.2) is 103 Å². The van der Waals surface area contributed by atoms with Crippen LogP contribution in [0.2, 0.25) is 5.02 Å². The maximum atomic E-state index is 13.9. The Morgan fingerprint density at radius 1 is 0.758 bits per heavy atom. The summed E-state index contributed by atoms with van der Waals surface area (Å²) in [6, 6.07) is 32.9. The van der Waals surface area contributed by atoms with E-state index >= 15 is 0 Å². The molecule has 0 aliphatic carbocycles. The van der Waals surface area contributed by atoms with E-state index in [1.165, 1.54) is 0 Å². The second kappa shape index (κ2) is 7.45. The van der Waals surface area contributed by atoms with E-state index in [2.05, 4.69) is 30.3 Å². The number of benzene rings is 5. The van der Waals surface area contributed by atoms with Crippen molar-refractivity contribution in [3.63, 3.8) is 0 Å². The van der Waals surface area contributed by atoms with E-state index in [0.29, 0.717) is 22.7 Å². The minimum absolute atomic E-state index is 0.355. The number of hydrogen-bond acceptors (Lipinski definition) is 2. The van der Waals surface area contributed by atoms with E-state index in [1.807, 2.05) is 48.5 Å². The van der Waals surface area contributed by atoms with E-state index in [1.54, 1.807) is 29.2 Å². The van der Waals surface area contributed by atoms with Crippen molar-refractivity contribution in [2.75, 3.05) is 4.90 Å². The van der Waals surface area contributed by atoms with Crippen molar-refractivity contribution in [3.05, 3.63) is 125 Å². The summed E-state index contributed by atoms with van der Waals surface area (Å²) < 4.78 is 0. The van der Waals surface area contributed by atoms with Crippen LogP contribution >= 0.6 is 11.6 Å². The lowest BCUT2D eigenvalue weighted by Crippen LogP contribution is -2.40. The van der Waals surface area contributed by atoms with Gasteiger partial charge in [-0.05, 0) is 56.9 Å². The molecule has 0 bridgehead atoms. The SMILES string of the molecule is O=C1N(Cc2c3ccccc3cc3ccccc23)c2ccccc2[C@@]1(O)c1ccc(Cl)cc1. The fourth-order valence-electron chi connectivity index (χ4n) is 5.00. The Bertz CT molecular complexity index is 1490. The van der Waals surface area contributed by atoms with Crippen molar-refractivity contribution >= 4 is 44.7 Å². The molecule has 160 valence electrons. The van der Waals surface area contributed by atoms with Gasteiger partial charge in [0.05, 0.1) is 12.2 Å². The van der Waals surface area contributed by atoms with E-state index < -0.39 is 5.60 Å². The third kappa shape index (κ3) is 2.97. The van der Waals surface area contributed by atoms with Crippen molar-refractivity contribution in [2.45, 2.75) is 12.1 Å². The predicted molar refractivity (Wildman–Crippen MR) is 134 cm³/mol. The lowest BCUT2D eigenvalue weighted by molar-refractivity contribution is -0.132. The number of carbonyl (C=O) groups is 1. The molecule has 0 radical (unpaired) electrons. The van der Waals surface area contributed by atoms with E-state index in [0.717, 1.165) is 32.8 Å². The summed E-state index contributed by atoms with van der Waals surface area (Å²) in [4.78, 5) is 15.6. The average molecular weight is 450 g/mol. The average Bonchev–Trinajstić information content (AvgIpc) is 3.07. The zero-order chi connectivity index (χ0) is 22.6. The summed E-state index contributed by atoms with van der Waals surface area (Å²) in [6.07, 6.45) is 0. The van der Waals surface area contributed by atoms with Gasteiger partial charge in [-0.15, -0.1) is 0 Å². The van der Waals surface area contributed by atoms with Crippen LogP contribution < -0.4 is 4.90 Å². The van der Waals surface area contributed by atoms with Gasteiger partial charge < -0.3 is 10.0 Å². The second-order valence-corrected chi connectivity index (χ2v) is 8.86. The fourth-order valence-corrected chi connectivity index (χ4v) is 5.12. The van der Waals surface area contributed by atoms with Crippen LogP contribution in [-0.2, 0) is 16.9 Å². The molecule has 1 amide bonds. The summed E-state index contributed by atoms with van der Waals surface area (Å²) in [7, 11) is 0. The third-order valence-corrected chi connectivity index (χ3v) is 6.85. The number of halogens is 1. The van der Waals surface area contributed by atoms with E-state index in [4.69, 9.17) is 11.6 Å². The van der Waals surface area contributed by atoms with Gasteiger partial charge in [0.1, 0.15) is 0 Å². The lowest BCUT2D eigenvalue weighted by atomic mass is 9.87. The summed E-state index contributed by atoms with van der Waals surface area (Å²) in [5.74, 6) is -0.358. The lowest BCUT2D eigenvalue weighted by Gasteiger charge is -2.24. The first-order chi connectivity index (χ1) is 16.1. The monoisotopic (exact) mass is 449 g/mol. The Morgan fingerprint density at radius 2 is 1.33 bits per heavy atom. The van der Waals surface area contributed by atoms with Gasteiger partial charge in [0.2, 0.25) is 0 Å². The molecule has 3 nitrogen and oxygen atoms in total. The number of anilines is 1. The Labute approximate surface area is 196 Å². The quantitative estimate of drug-likeness (QED) is 0.322. The van der Waals surface area contributed by atoms with Crippen LogP contribution in [0.1, 0.15) is 16.7 Å². The van der Waals surface area contributed by atoms with Crippen LogP contribution in [0, 0.1) is 0 Å². The maximum absolute atomic E-state index is 13.9. The van der Waals surface area contributed by atoms with Crippen molar-refractivity contribution in [2.24, 2.45) is 0 Å². The topological polar surface area (TPSA) is 40.5 Å². The van der Waals surface area contributed by atoms with Crippen molar-refractivity contribution in [1.29, 1.82) is 0 Å². The zero-order valence-corrected chi connectivity index (χ0v) is 18.5. The molecule has 0 unspecified atom stereocenters. The Hall–Kier alpha value is -3.66. The highest BCUT2D eigenvalue weighted by Gasteiger charge is 2.51. The van der Waals surface area contributed by atoms with Gasteiger partial charge >= 0.3 is 0 Å².